The molecular weight excluding hydrogens is 400 g/mol. The lowest BCUT2D eigenvalue weighted by atomic mass is 9.96. The number of methoxy groups -OCH3 is 1. The summed E-state index contributed by atoms with van der Waals surface area (Å²) in [5, 5.41) is 2.58. The molecule has 2 atom stereocenters. The summed E-state index contributed by atoms with van der Waals surface area (Å²) in [5.74, 6) is 0.373. The third kappa shape index (κ3) is 6.17. The minimum absolute atomic E-state index is 0.0254. The largest absolute Gasteiger partial charge is 0.466 e. The lowest BCUT2D eigenvalue weighted by Crippen LogP contribution is -2.66. The van der Waals surface area contributed by atoms with Crippen molar-refractivity contribution in [3.8, 4) is 0 Å². The summed E-state index contributed by atoms with van der Waals surface area (Å²) in [7, 11) is -1.09. The molecule has 0 aliphatic rings. The molecule has 2 aromatic carbocycles. The minimum Gasteiger partial charge on any atom is -0.466 e. The second kappa shape index (κ2) is 10.9. The molecule has 0 aromatic heterocycles. The fourth-order valence-electron chi connectivity index (χ4n) is 4.46. The summed E-state index contributed by atoms with van der Waals surface area (Å²) in [6, 6.07) is 21.5. The van der Waals surface area contributed by atoms with Gasteiger partial charge in [-0.3, -0.25) is 0 Å². The van der Waals surface area contributed by atoms with Crippen LogP contribution in [0.15, 0.2) is 72.3 Å². The molecule has 2 rings (SSSR count). The van der Waals surface area contributed by atoms with E-state index in [2.05, 4.69) is 95.3 Å². The van der Waals surface area contributed by atoms with Crippen molar-refractivity contribution in [1.29, 1.82) is 0 Å². The van der Waals surface area contributed by atoms with Crippen LogP contribution in [-0.2, 0) is 14.0 Å². The highest BCUT2D eigenvalue weighted by Crippen LogP contribution is 2.37. The van der Waals surface area contributed by atoms with Crippen molar-refractivity contribution in [2.24, 2.45) is 11.8 Å². The maximum atomic E-state index is 11.7. The number of esters is 1. The maximum absolute atomic E-state index is 11.7. The van der Waals surface area contributed by atoms with Crippen LogP contribution in [0.5, 0.6) is 0 Å². The Kier molecular flexibility index (Phi) is 8.84. The van der Waals surface area contributed by atoms with Gasteiger partial charge in [-0.15, -0.1) is 0 Å². The predicted molar refractivity (Wildman–Crippen MR) is 132 cm³/mol. The van der Waals surface area contributed by atoms with E-state index in [1.807, 2.05) is 13.0 Å². The van der Waals surface area contributed by atoms with E-state index >= 15 is 0 Å². The molecule has 0 amide bonds. The number of hydrogen-bond acceptors (Lipinski definition) is 3. The van der Waals surface area contributed by atoms with Crippen molar-refractivity contribution in [3.05, 3.63) is 72.3 Å². The smallest absolute Gasteiger partial charge is 0.333 e. The first-order chi connectivity index (χ1) is 14.6. The van der Waals surface area contributed by atoms with Gasteiger partial charge in [-0.1, -0.05) is 101 Å². The molecular formula is C27H38O3Si. The van der Waals surface area contributed by atoms with Crippen LogP contribution >= 0.6 is 0 Å². The van der Waals surface area contributed by atoms with Gasteiger partial charge < -0.3 is 9.16 Å². The second-order valence-corrected chi connectivity index (χ2v) is 13.9. The zero-order valence-corrected chi connectivity index (χ0v) is 21.1. The third-order valence-corrected chi connectivity index (χ3v) is 10.8. The van der Waals surface area contributed by atoms with Gasteiger partial charge in [0.05, 0.1) is 7.11 Å². The zero-order valence-electron chi connectivity index (χ0n) is 20.1. The first kappa shape index (κ1) is 25.1. The Balaban J connectivity index is 2.30. The number of carbonyl (C=O) groups is 1. The van der Waals surface area contributed by atoms with E-state index in [1.54, 1.807) is 0 Å². The van der Waals surface area contributed by atoms with E-state index in [4.69, 9.17) is 9.16 Å². The number of hydrogen-bond donors (Lipinski definition) is 0. The van der Waals surface area contributed by atoms with Gasteiger partial charge in [-0.05, 0) is 40.6 Å². The van der Waals surface area contributed by atoms with Crippen molar-refractivity contribution in [3.63, 3.8) is 0 Å². The van der Waals surface area contributed by atoms with Crippen molar-refractivity contribution in [1.82, 2.24) is 0 Å². The quantitative estimate of drug-likeness (QED) is 0.301. The van der Waals surface area contributed by atoms with Crippen LogP contribution in [-0.4, -0.2) is 28.0 Å². The molecule has 0 bridgehead atoms. The average molecular weight is 439 g/mol. The highest BCUT2D eigenvalue weighted by molar-refractivity contribution is 6.99. The SMILES string of the molecule is COC(=O)/C(C)=C/[C@H](C)C[C@@H](C)CO[Si](c1ccccc1)(c1ccccc1)C(C)(C)C. The molecule has 2 aromatic rings. The summed E-state index contributed by atoms with van der Waals surface area (Å²) in [6.45, 7) is 13.8. The summed E-state index contributed by atoms with van der Waals surface area (Å²) in [6.07, 6.45) is 2.96. The van der Waals surface area contributed by atoms with Crippen molar-refractivity contribution in [2.45, 2.75) is 53.0 Å². The molecule has 0 fully saturated rings. The van der Waals surface area contributed by atoms with Crippen LogP contribution in [0.3, 0.4) is 0 Å². The summed E-state index contributed by atoms with van der Waals surface area (Å²) < 4.78 is 11.8. The van der Waals surface area contributed by atoms with Crippen LogP contribution in [0.2, 0.25) is 5.04 Å². The molecule has 0 aliphatic carbocycles. The standard InChI is InChI=1S/C27H38O3Si/c1-21(19-23(3)26(28)29-7)18-22(2)20-30-31(27(4,5)6,24-14-10-8-11-15-24)25-16-12-9-13-17-25/h8-17,19,21-22H,18,20H2,1-7H3/b23-19+/t21-,22-/m1/s1. The Hall–Kier alpha value is -2.17. The van der Waals surface area contributed by atoms with Gasteiger partial charge >= 0.3 is 5.97 Å². The fourth-order valence-corrected chi connectivity index (χ4v) is 9.15. The monoisotopic (exact) mass is 438 g/mol. The molecule has 0 saturated carbocycles. The number of rotatable bonds is 9. The lowest BCUT2D eigenvalue weighted by molar-refractivity contribution is -0.136. The molecule has 0 radical (unpaired) electrons. The summed E-state index contributed by atoms with van der Waals surface area (Å²) >= 11 is 0. The Morgan fingerprint density at radius 3 is 1.87 bits per heavy atom. The normalized spacial score (nSPS) is 14.7. The zero-order chi connectivity index (χ0) is 23.1. The van der Waals surface area contributed by atoms with Crippen LogP contribution in [0.25, 0.3) is 0 Å². The molecule has 168 valence electrons. The first-order valence-corrected chi connectivity index (χ1v) is 13.0. The van der Waals surface area contributed by atoms with Crippen molar-refractivity contribution < 1.29 is 14.0 Å². The van der Waals surface area contributed by atoms with Crippen molar-refractivity contribution in [2.75, 3.05) is 13.7 Å². The van der Waals surface area contributed by atoms with E-state index < -0.39 is 8.32 Å². The Morgan fingerprint density at radius 2 is 1.45 bits per heavy atom. The predicted octanol–water partition coefficient (Wildman–Crippen LogP) is 5.34. The fraction of sp³-hybridized carbons (Fsp3) is 0.444. The number of benzene rings is 2. The van der Waals surface area contributed by atoms with Gasteiger partial charge in [0.1, 0.15) is 0 Å². The van der Waals surface area contributed by atoms with E-state index in [1.165, 1.54) is 17.5 Å². The molecule has 3 nitrogen and oxygen atoms in total. The second-order valence-electron chi connectivity index (χ2n) is 9.63. The van der Waals surface area contributed by atoms with Gasteiger partial charge in [-0.2, -0.15) is 0 Å². The number of ether oxygens (including phenoxy) is 1. The Labute approximate surface area is 189 Å². The summed E-state index contributed by atoms with van der Waals surface area (Å²) in [4.78, 5) is 11.7. The van der Waals surface area contributed by atoms with E-state index in [0.29, 0.717) is 18.1 Å². The Bertz CT molecular complexity index is 814. The lowest BCUT2D eigenvalue weighted by Gasteiger charge is -2.43. The molecule has 0 saturated heterocycles. The van der Waals surface area contributed by atoms with Crippen LogP contribution < -0.4 is 10.4 Å². The number of carbonyl (C=O) groups excluding carboxylic acids is 1. The molecule has 0 spiro atoms. The van der Waals surface area contributed by atoms with Crippen LogP contribution in [0, 0.1) is 11.8 Å². The number of allylic oxidation sites excluding steroid dienone is 1. The van der Waals surface area contributed by atoms with Gasteiger partial charge in [0.15, 0.2) is 0 Å². The molecule has 31 heavy (non-hydrogen) atoms. The average Bonchev–Trinajstić information content (AvgIpc) is 2.74. The molecule has 0 N–H and O–H groups in total. The first-order valence-electron chi connectivity index (χ1n) is 11.1. The van der Waals surface area contributed by atoms with Crippen LogP contribution in [0.4, 0.5) is 0 Å². The van der Waals surface area contributed by atoms with Gasteiger partial charge in [0, 0.05) is 12.2 Å². The van der Waals surface area contributed by atoms with Crippen LogP contribution in [0.1, 0.15) is 48.0 Å². The topological polar surface area (TPSA) is 35.5 Å². The molecule has 0 heterocycles. The van der Waals surface area contributed by atoms with E-state index in [-0.39, 0.29) is 16.9 Å². The van der Waals surface area contributed by atoms with Gasteiger partial charge in [-0.25, -0.2) is 4.79 Å². The van der Waals surface area contributed by atoms with Crippen molar-refractivity contribution >= 4 is 24.7 Å². The Morgan fingerprint density at radius 1 is 0.968 bits per heavy atom. The van der Waals surface area contributed by atoms with Gasteiger partial charge in [0.25, 0.3) is 8.32 Å². The van der Waals surface area contributed by atoms with E-state index in [9.17, 15) is 4.79 Å². The summed E-state index contributed by atoms with van der Waals surface area (Å²) in [5.41, 5.74) is 0.662. The molecule has 0 aliphatic heterocycles. The minimum atomic E-state index is -2.51. The molecule has 0 unspecified atom stereocenters. The highest BCUT2D eigenvalue weighted by atomic mass is 28.4. The maximum Gasteiger partial charge on any atom is 0.333 e. The van der Waals surface area contributed by atoms with E-state index in [0.717, 1.165) is 6.42 Å². The third-order valence-electron chi connectivity index (χ3n) is 5.82. The van der Waals surface area contributed by atoms with Gasteiger partial charge in [0.2, 0.25) is 0 Å². The molecule has 4 heteroatoms. The highest BCUT2D eigenvalue weighted by Gasteiger charge is 2.50.